The highest BCUT2D eigenvalue weighted by atomic mass is 16.5. The fraction of sp³-hybridized carbons (Fsp3) is 0.435. The molecule has 28 heavy (non-hydrogen) atoms. The van der Waals surface area contributed by atoms with Crippen LogP contribution in [0.15, 0.2) is 48.5 Å². The number of likely N-dealkylation sites (N-methyl/N-ethyl adjacent to an activating group) is 1. The molecule has 1 aliphatic rings. The summed E-state index contributed by atoms with van der Waals surface area (Å²) in [5.41, 5.74) is 9.16. The predicted molar refractivity (Wildman–Crippen MR) is 112 cm³/mol. The van der Waals surface area contributed by atoms with E-state index in [2.05, 4.69) is 41.8 Å². The largest absolute Gasteiger partial charge is 0.492 e. The lowest BCUT2D eigenvalue weighted by Gasteiger charge is -2.35. The van der Waals surface area contributed by atoms with Crippen molar-refractivity contribution in [2.24, 2.45) is 5.73 Å². The van der Waals surface area contributed by atoms with Gasteiger partial charge in [-0.25, -0.2) is 0 Å². The Kier molecular flexibility index (Phi) is 7.06. The van der Waals surface area contributed by atoms with Crippen molar-refractivity contribution in [1.82, 2.24) is 9.80 Å². The summed E-state index contributed by atoms with van der Waals surface area (Å²) in [6.07, 6.45) is 0.937. The Bertz CT molecular complexity index is 772. The molecule has 0 fully saturated rings. The fourth-order valence-electron chi connectivity index (χ4n) is 3.88. The molecule has 0 aromatic heterocycles. The molecule has 2 aromatic carbocycles. The Balaban J connectivity index is 1.61. The van der Waals surface area contributed by atoms with E-state index in [0.29, 0.717) is 13.2 Å². The number of fused-ring (bicyclic) bond motifs is 1. The van der Waals surface area contributed by atoms with Gasteiger partial charge in [0.2, 0.25) is 5.91 Å². The minimum Gasteiger partial charge on any atom is -0.492 e. The molecule has 1 unspecified atom stereocenters. The van der Waals surface area contributed by atoms with Crippen LogP contribution in [0.25, 0.3) is 0 Å². The second-order valence-corrected chi connectivity index (χ2v) is 7.24. The number of ether oxygens (including phenoxy) is 1. The number of carbonyl (C=O) groups is 1. The highest BCUT2D eigenvalue weighted by Crippen LogP contribution is 2.30. The van der Waals surface area contributed by atoms with Gasteiger partial charge in [-0.15, -0.1) is 0 Å². The monoisotopic (exact) mass is 381 g/mol. The van der Waals surface area contributed by atoms with Gasteiger partial charge in [0.1, 0.15) is 18.4 Å². The van der Waals surface area contributed by atoms with Crippen LogP contribution in [0.4, 0.5) is 0 Å². The van der Waals surface area contributed by atoms with E-state index < -0.39 is 0 Å². The first-order chi connectivity index (χ1) is 13.6. The third-order valence-corrected chi connectivity index (χ3v) is 5.53. The van der Waals surface area contributed by atoms with Crippen molar-refractivity contribution in [3.05, 3.63) is 65.2 Å². The lowest BCUT2D eigenvalue weighted by atomic mass is 9.92. The molecule has 5 heteroatoms. The van der Waals surface area contributed by atoms with E-state index in [1.165, 1.54) is 5.56 Å². The first-order valence-corrected chi connectivity index (χ1v) is 10.2. The number of hydrogen-bond donors (Lipinski definition) is 1. The zero-order valence-corrected chi connectivity index (χ0v) is 16.9. The zero-order valence-electron chi connectivity index (χ0n) is 16.9. The Morgan fingerprint density at radius 3 is 2.54 bits per heavy atom. The molecule has 0 bridgehead atoms. The summed E-state index contributed by atoms with van der Waals surface area (Å²) in [5, 5.41) is 0. The third-order valence-electron chi connectivity index (χ3n) is 5.53. The molecule has 5 nitrogen and oxygen atoms in total. The van der Waals surface area contributed by atoms with Crippen LogP contribution in [-0.2, 0) is 17.8 Å². The summed E-state index contributed by atoms with van der Waals surface area (Å²) in [5.74, 6) is 0.592. The van der Waals surface area contributed by atoms with E-state index in [0.717, 1.165) is 49.5 Å². The van der Waals surface area contributed by atoms with Gasteiger partial charge < -0.3 is 15.4 Å². The minimum atomic E-state index is -0.366. The third kappa shape index (κ3) is 4.91. The SMILES string of the molecule is CCN(CC)CCOc1ccc(CN2CCc3ccccc3C2C(N)=O)cc1. The molecule has 3 rings (SSSR count). The van der Waals surface area contributed by atoms with Gasteiger partial charge >= 0.3 is 0 Å². The van der Waals surface area contributed by atoms with Crippen LogP contribution in [-0.4, -0.2) is 48.5 Å². The van der Waals surface area contributed by atoms with E-state index in [9.17, 15) is 4.79 Å². The van der Waals surface area contributed by atoms with Gasteiger partial charge in [0.05, 0.1) is 0 Å². The van der Waals surface area contributed by atoms with E-state index >= 15 is 0 Å². The molecular formula is C23H31N3O2. The van der Waals surface area contributed by atoms with Crippen LogP contribution >= 0.6 is 0 Å². The summed E-state index contributed by atoms with van der Waals surface area (Å²) >= 11 is 0. The van der Waals surface area contributed by atoms with Crippen molar-refractivity contribution in [2.75, 3.05) is 32.8 Å². The smallest absolute Gasteiger partial charge is 0.239 e. The van der Waals surface area contributed by atoms with E-state index in [1.807, 2.05) is 30.3 Å². The van der Waals surface area contributed by atoms with Gasteiger partial charge in [-0.3, -0.25) is 9.69 Å². The topological polar surface area (TPSA) is 58.8 Å². The lowest BCUT2D eigenvalue weighted by molar-refractivity contribution is -0.124. The Hall–Kier alpha value is -2.37. The summed E-state index contributed by atoms with van der Waals surface area (Å²) in [4.78, 5) is 16.7. The molecule has 0 saturated carbocycles. The second-order valence-electron chi connectivity index (χ2n) is 7.24. The Morgan fingerprint density at radius 2 is 1.86 bits per heavy atom. The molecule has 150 valence electrons. The van der Waals surface area contributed by atoms with Crippen molar-refractivity contribution in [3.8, 4) is 5.75 Å². The predicted octanol–water partition coefficient (Wildman–Crippen LogP) is 2.99. The van der Waals surface area contributed by atoms with Gasteiger partial charge in [0.25, 0.3) is 0 Å². The van der Waals surface area contributed by atoms with E-state index in [4.69, 9.17) is 10.5 Å². The van der Waals surface area contributed by atoms with Crippen molar-refractivity contribution < 1.29 is 9.53 Å². The average Bonchev–Trinajstić information content (AvgIpc) is 2.72. The minimum absolute atomic E-state index is 0.288. The molecule has 0 radical (unpaired) electrons. The van der Waals surface area contributed by atoms with Gasteiger partial charge in [-0.1, -0.05) is 50.2 Å². The van der Waals surface area contributed by atoms with Crippen molar-refractivity contribution in [3.63, 3.8) is 0 Å². The number of hydrogen-bond acceptors (Lipinski definition) is 4. The van der Waals surface area contributed by atoms with Gasteiger partial charge in [-0.2, -0.15) is 0 Å². The number of nitrogens with zero attached hydrogens (tertiary/aromatic N) is 2. The first kappa shape index (κ1) is 20.4. The van der Waals surface area contributed by atoms with Crippen molar-refractivity contribution in [2.45, 2.75) is 32.9 Å². The molecule has 1 heterocycles. The van der Waals surface area contributed by atoms with Crippen molar-refractivity contribution >= 4 is 5.91 Å². The molecular weight excluding hydrogens is 350 g/mol. The number of primary amides is 1. The lowest BCUT2D eigenvalue weighted by Crippen LogP contribution is -2.42. The van der Waals surface area contributed by atoms with E-state index in [-0.39, 0.29) is 11.9 Å². The standard InChI is InChI=1S/C23H31N3O2/c1-3-25(4-2)15-16-28-20-11-9-18(10-12-20)17-26-14-13-19-7-5-6-8-21(19)22(26)23(24)27/h5-12,22H,3-4,13-17H2,1-2H3,(H2,24,27). The highest BCUT2D eigenvalue weighted by molar-refractivity contribution is 5.82. The van der Waals surface area contributed by atoms with Crippen LogP contribution in [0, 0.1) is 0 Å². The molecule has 1 amide bonds. The molecule has 0 aliphatic carbocycles. The zero-order chi connectivity index (χ0) is 19.9. The van der Waals surface area contributed by atoms with Gasteiger partial charge in [0, 0.05) is 19.6 Å². The van der Waals surface area contributed by atoms with E-state index in [1.54, 1.807) is 0 Å². The number of amides is 1. The number of nitrogens with two attached hydrogens (primary N) is 1. The number of rotatable bonds is 9. The number of carbonyl (C=O) groups excluding carboxylic acids is 1. The maximum atomic E-state index is 12.2. The molecule has 2 N–H and O–H groups in total. The molecule has 0 spiro atoms. The van der Waals surface area contributed by atoms with Gasteiger partial charge in [0.15, 0.2) is 0 Å². The second kappa shape index (κ2) is 9.71. The maximum absolute atomic E-state index is 12.2. The van der Waals surface area contributed by atoms with Crippen LogP contribution in [0.1, 0.15) is 36.6 Å². The summed E-state index contributed by atoms with van der Waals surface area (Å²) in [6.45, 7) is 9.55. The van der Waals surface area contributed by atoms with Crippen LogP contribution < -0.4 is 10.5 Å². The number of benzene rings is 2. The molecule has 1 atom stereocenters. The average molecular weight is 382 g/mol. The highest BCUT2D eigenvalue weighted by Gasteiger charge is 2.31. The quantitative estimate of drug-likeness (QED) is 0.725. The Morgan fingerprint density at radius 1 is 1.14 bits per heavy atom. The van der Waals surface area contributed by atoms with Crippen LogP contribution in [0.2, 0.25) is 0 Å². The van der Waals surface area contributed by atoms with Crippen molar-refractivity contribution in [1.29, 1.82) is 0 Å². The summed E-state index contributed by atoms with van der Waals surface area (Å²) < 4.78 is 5.86. The fourth-order valence-corrected chi connectivity index (χ4v) is 3.88. The van der Waals surface area contributed by atoms with Crippen LogP contribution in [0.3, 0.4) is 0 Å². The normalized spacial score (nSPS) is 16.8. The molecule has 1 aliphatic heterocycles. The molecule has 2 aromatic rings. The van der Waals surface area contributed by atoms with Gasteiger partial charge in [-0.05, 0) is 48.3 Å². The summed E-state index contributed by atoms with van der Waals surface area (Å²) in [7, 11) is 0. The molecule has 0 saturated heterocycles. The summed E-state index contributed by atoms with van der Waals surface area (Å²) in [6, 6.07) is 15.9. The van der Waals surface area contributed by atoms with Crippen LogP contribution in [0.5, 0.6) is 5.75 Å². The first-order valence-electron chi connectivity index (χ1n) is 10.2. The Labute approximate surface area is 168 Å². The maximum Gasteiger partial charge on any atom is 0.239 e.